The van der Waals surface area contributed by atoms with E-state index in [4.69, 9.17) is 15.7 Å². The molecule has 116 valence electrons. The highest BCUT2D eigenvalue weighted by Crippen LogP contribution is 2.25. The molecule has 1 aromatic carbocycles. The molecular formula is C13H20N4O4. The van der Waals surface area contributed by atoms with Gasteiger partial charge >= 0.3 is 0 Å². The van der Waals surface area contributed by atoms with E-state index in [1.54, 1.807) is 6.07 Å². The molecule has 0 atom stereocenters. The van der Waals surface area contributed by atoms with E-state index in [-0.39, 0.29) is 11.5 Å². The van der Waals surface area contributed by atoms with Gasteiger partial charge in [0.25, 0.3) is 5.69 Å². The lowest BCUT2D eigenvalue weighted by atomic mass is 10.1. The third-order valence-corrected chi connectivity index (χ3v) is 3.01. The molecular weight excluding hydrogens is 276 g/mol. The van der Waals surface area contributed by atoms with Crippen LogP contribution in [0.15, 0.2) is 23.4 Å². The number of hydrogen-bond donors (Lipinski definition) is 2. The number of rotatable bonds is 8. The molecule has 0 heterocycles. The average molecular weight is 296 g/mol. The van der Waals surface area contributed by atoms with Crippen LogP contribution in [0.25, 0.3) is 0 Å². The number of nitro benzene ring substituents is 1. The van der Waals surface area contributed by atoms with Gasteiger partial charge in [-0.15, -0.1) is 0 Å². The molecule has 3 N–H and O–H groups in total. The zero-order valence-electron chi connectivity index (χ0n) is 12.2. The molecule has 1 aromatic rings. The number of oxime groups is 1. The minimum atomic E-state index is -0.519. The second-order valence-electron chi connectivity index (χ2n) is 4.22. The summed E-state index contributed by atoms with van der Waals surface area (Å²) in [5, 5.41) is 22.7. The van der Waals surface area contributed by atoms with Crippen LogP contribution in [0.4, 0.5) is 11.4 Å². The van der Waals surface area contributed by atoms with Crippen LogP contribution < -0.4 is 10.6 Å². The molecule has 21 heavy (non-hydrogen) atoms. The molecule has 0 saturated carbocycles. The van der Waals surface area contributed by atoms with Crippen molar-refractivity contribution in [1.29, 1.82) is 0 Å². The number of likely N-dealkylation sites (N-methyl/N-ethyl adjacent to an activating group) is 1. The number of anilines is 1. The largest absolute Gasteiger partial charge is 0.409 e. The summed E-state index contributed by atoms with van der Waals surface area (Å²) in [6.45, 7) is 6.26. The number of nitro groups is 1. The molecule has 0 fully saturated rings. The van der Waals surface area contributed by atoms with E-state index in [0.29, 0.717) is 37.6 Å². The highest BCUT2D eigenvalue weighted by atomic mass is 16.6. The van der Waals surface area contributed by atoms with E-state index in [9.17, 15) is 10.1 Å². The Morgan fingerprint density at radius 3 is 2.76 bits per heavy atom. The smallest absolute Gasteiger partial charge is 0.270 e. The van der Waals surface area contributed by atoms with Gasteiger partial charge in [0.1, 0.15) is 0 Å². The molecule has 0 aromatic heterocycles. The van der Waals surface area contributed by atoms with E-state index >= 15 is 0 Å². The maximum absolute atomic E-state index is 10.9. The Kier molecular flexibility index (Phi) is 6.41. The van der Waals surface area contributed by atoms with Crippen molar-refractivity contribution < 1.29 is 14.9 Å². The summed E-state index contributed by atoms with van der Waals surface area (Å²) in [5.74, 6) is -0.163. The average Bonchev–Trinajstić information content (AvgIpc) is 2.50. The number of non-ortho nitro benzene ring substituents is 1. The first kappa shape index (κ1) is 16.7. The van der Waals surface area contributed by atoms with Crippen LogP contribution in [0.5, 0.6) is 0 Å². The summed E-state index contributed by atoms with van der Waals surface area (Å²) < 4.78 is 5.32. The number of benzene rings is 1. The number of nitrogens with two attached hydrogens (primary N) is 1. The summed E-state index contributed by atoms with van der Waals surface area (Å²) in [6, 6.07) is 4.29. The fourth-order valence-electron chi connectivity index (χ4n) is 1.94. The second-order valence-corrected chi connectivity index (χ2v) is 4.22. The van der Waals surface area contributed by atoms with Crippen molar-refractivity contribution in [3.05, 3.63) is 33.9 Å². The number of nitrogens with zero attached hydrogens (tertiary/aromatic N) is 3. The number of ether oxygens (including phenoxy) is 1. The monoisotopic (exact) mass is 296 g/mol. The molecule has 8 nitrogen and oxygen atoms in total. The third-order valence-electron chi connectivity index (χ3n) is 3.01. The zero-order valence-corrected chi connectivity index (χ0v) is 12.2. The van der Waals surface area contributed by atoms with Crippen molar-refractivity contribution in [2.75, 3.05) is 31.2 Å². The van der Waals surface area contributed by atoms with Crippen LogP contribution in [0.2, 0.25) is 0 Å². The molecule has 0 unspecified atom stereocenters. The number of hydrogen-bond acceptors (Lipinski definition) is 6. The lowest BCUT2D eigenvalue weighted by Crippen LogP contribution is -2.30. The minimum Gasteiger partial charge on any atom is -0.409 e. The Labute approximate surface area is 122 Å². The van der Waals surface area contributed by atoms with Crippen molar-refractivity contribution in [2.45, 2.75) is 13.8 Å². The SMILES string of the molecule is CCOCCN(CC)c1ccc([N+](=O)[O-])cc1C(N)=NO. The first-order valence-corrected chi connectivity index (χ1v) is 6.64. The Morgan fingerprint density at radius 2 is 2.24 bits per heavy atom. The molecule has 0 bridgehead atoms. The minimum absolute atomic E-state index is 0.110. The predicted octanol–water partition coefficient (Wildman–Crippen LogP) is 1.55. The highest BCUT2D eigenvalue weighted by Gasteiger charge is 2.17. The van der Waals surface area contributed by atoms with E-state index in [0.717, 1.165) is 0 Å². The molecule has 0 aliphatic heterocycles. The van der Waals surface area contributed by atoms with Crippen molar-refractivity contribution in [3.8, 4) is 0 Å². The van der Waals surface area contributed by atoms with Crippen LogP contribution in [-0.2, 0) is 4.74 Å². The van der Waals surface area contributed by atoms with Gasteiger partial charge < -0.3 is 20.6 Å². The van der Waals surface area contributed by atoms with Crippen molar-refractivity contribution >= 4 is 17.2 Å². The molecule has 8 heteroatoms. The molecule has 0 aliphatic rings. The van der Waals surface area contributed by atoms with E-state index in [1.807, 2.05) is 18.7 Å². The van der Waals surface area contributed by atoms with Crippen molar-refractivity contribution in [2.24, 2.45) is 10.9 Å². The van der Waals surface area contributed by atoms with Crippen LogP contribution in [0.3, 0.4) is 0 Å². The zero-order chi connectivity index (χ0) is 15.8. The Hall–Kier alpha value is -2.35. The van der Waals surface area contributed by atoms with Crippen LogP contribution in [0, 0.1) is 10.1 Å². The normalized spacial score (nSPS) is 11.4. The molecule has 0 saturated heterocycles. The van der Waals surface area contributed by atoms with E-state index in [1.165, 1.54) is 12.1 Å². The Morgan fingerprint density at radius 1 is 1.52 bits per heavy atom. The number of amidine groups is 1. The molecule has 0 amide bonds. The van der Waals surface area contributed by atoms with Gasteiger partial charge in [0.15, 0.2) is 5.84 Å². The van der Waals surface area contributed by atoms with Gasteiger partial charge in [0.05, 0.1) is 17.1 Å². The predicted molar refractivity (Wildman–Crippen MR) is 80.0 cm³/mol. The quantitative estimate of drug-likeness (QED) is 0.188. The van der Waals surface area contributed by atoms with Gasteiger partial charge in [-0.05, 0) is 19.9 Å². The molecule has 0 spiro atoms. The van der Waals surface area contributed by atoms with Gasteiger partial charge in [0.2, 0.25) is 0 Å². The van der Waals surface area contributed by atoms with Gasteiger partial charge in [-0.3, -0.25) is 10.1 Å². The van der Waals surface area contributed by atoms with Crippen molar-refractivity contribution in [3.63, 3.8) is 0 Å². The summed E-state index contributed by atoms with van der Waals surface area (Å²) in [7, 11) is 0. The summed E-state index contributed by atoms with van der Waals surface area (Å²) in [6.07, 6.45) is 0. The van der Waals surface area contributed by atoms with Gasteiger partial charge in [0, 0.05) is 37.5 Å². The lowest BCUT2D eigenvalue weighted by Gasteiger charge is -2.25. The van der Waals surface area contributed by atoms with Crippen LogP contribution >= 0.6 is 0 Å². The summed E-state index contributed by atoms with van der Waals surface area (Å²) in [5.41, 5.74) is 6.51. The maximum atomic E-state index is 10.9. The molecule has 0 radical (unpaired) electrons. The Balaban J connectivity index is 3.16. The topological polar surface area (TPSA) is 114 Å². The molecule has 0 aliphatic carbocycles. The first-order chi connectivity index (χ1) is 10.0. The van der Waals surface area contributed by atoms with Gasteiger partial charge in [-0.2, -0.15) is 0 Å². The third kappa shape index (κ3) is 4.32. The van der Waals surface area contributed by atoms with Crippen LogP contribution in [0.1, 0.15) is 19.4 Å². The summed E-state index contributed by atoms with van der Waals surface area (Å²) >= 11 is 0. The van der Waals surface area contributed by atoms with E-state index < -0.39 is 4.92 Å². The fraction of sp³-hybridized carbons (Fsp3) is 0.462. The van der Waals surface area contributed by atoms with Gasteiger partial charge in [-0.1, -0.05) is 5.16 Å². The van der Waals surface area contributed by atoms with Gasteiger partial charge in [-0.25, -0.2) is 0 Å². The van der Waals surface area contributed by atoms with Crippen molar-refractivity contribution in [1.82, 2.24) is 0 Å². The molecule has 1 rings (SSSR count). The second kappa shape index (κ2) is 8.05. The standard InChI is InChI=1S/C13H20N4O4/c1-3-16(7-8-21-4-2)12-6-5-10(17(19)20)9-11(12)13(14)15-18/h5-6,9,18H,3-4,7-8H2,1-2H3,(H2,14,15). The summed E-state index contributed by atoms with van der Waals surface area (Å²) in [4.78, 5) is 12.3. The highest BCUT2D eigenvalue weighted by molar-refractivity contribution is 6.02. The maximum Gasteiger partial charge on any atom is 0.270 e. The Bertz CT molecular complexity index is 519. The fourth-order valence-corrected chi connectivity index (χ4v) is 1.94. The first-order valence-electron chi connectivity index (χ1n) is 6.64. The lowest BCUT2D eigenvalue weighted by molar-refractivity contribution is -0.384. The van der Waals surface area contributed by atoms with Crippen LogP contribution in [-0.4, -0.2) is 42.3 Å². The van der Waals surface area contributed by atoms with E-state index in [2.05, 4.69) is 5.16 Å².